The normalized spacial score (nSPS) is 14.1. The van der Waals surface area contributed by atoms with Crippen molar-refractivity contribution >= 4 is 68.1 Å². The van der Waals surface area contributed by atoms with Gasteiger partial charge in [-0.1, -0.05) is 0 Å². The molecular weight excluding hydrogens is 660 g/mol. The Balaban J connectivity index is 2.10. The van der Waals surface area contributed by atoms with Gasteiger partial charge in [-0.05, 0) is 93.5 Å². The molecule has 0 radical (unpaired) electrons. The first kappa shape index (κ1) is 36.6. The number of aryl methyl sites for hydroxylation is 4. The highest BCUT2D eigenvalue weighted by molar-refractivity contribution is 6.29. The number of hydrogen-bond donors (Lipinski definition) is 10. The highest BCUT2D eigenvalue weighted by atomic mass is 16.4. The third-order valence-corrected chi connectivity index (χ3v) is 9.24. The van der Waals surface area contributed by atoms with Crippen molar-refractivity contribution in [2.24, 2.45) is 11.7 Å². The summed E-state index contributed by atoms with van der Waals surface area (Å²) in [6, 6.07) is 4.98. The molecule has 0 spiro atoms. The molecule has 0 saturated heterocycles. The van der Waals surface area contributed by atoms with E-state index in [9.17, 15) is 39.6 Å². The average molecular weight is 701 g/mol. The summed E-state index contributed by atoms with van der Waals surface area (Å²) in [5.41, 5.74) is 9.66. The van der Waals surface area contributed by atoms with Crippen LogP contribution < -0.4 is 22.5 Å². The molecule has 16 heteroatoms. The number of nitrogens with one attached hydrogen (secondary N) is 4. The number of nitrogens with zero attached hydrogens (tertiary/aromatic N) is 2. The Bertz CT molecular complexity index is 2230. The Labute approximate surface area is 291 Å². The second-order valence-corrected chi connectivity index (χ2v) is 12.5. The number of carbonyl (C=O) groups excluding carboxylic acids is 2. The first-order chi connectivity index (χ1) is 24.1. The summed E-state index contributed by atoms with van der Waals surface area (Å²) in [6.45, 7) is 8.19. The van der Waals surface area contributed by atoms with E-state index in [0.717, 1.165) is 0 Å². The molecule has 2 aliphatic heterocycles. The number of rotatable bonds is 10. The molecule has 268 valence electrons. The first-order valence-electron chi connectivity index (χ1n) is 16.1. The maximum Gasteiger partial charge on any atom is 0.303 e. The highest BCUT2D eigenvalue weighted by Crippen LogP contribution is 2.40. The number of aromatic amines is 2. The van der Waals surface area contributed by atoms with Crippen LogP contribution in [0.4, 0.5) is 0 Å². The van der Waals surface area contributed by atoms with Crippen LogP contribution in [0.1, 0.15) is 89.0 Å². The molecule has 2 atom stereocenters. The Morgan fingerprint density at radius 1 is 0.706 bits per heavy atom. The summed E-state index contributed by atoms with van der Waals surface area (Å²) in [5.74, 6) is 7.60. The Hall–Kier alpha value is -5.68. The van der Waals surface area contributed by atoms with Crippen LogP contribution in [0.25, 0.3) is 44.4 Å². The minimum absolute atomic E-state index is 0.0193. The van der Waals surface area contributed by atoms with Gasteiger partial charge in [-0.3, -0.25) is 30.0 Å². The monoisotopic (exact) mass is 700 g/mol. The minimum atomic E-state index is -1.36. The maximum atomic E-state index is 13.7. The molecule has 0 aromatic carbocycles. The SMILES string of the molecule is CC1=C(C(C)O)c2cc3[nH]c(cc4[nH]c(cc5nc(c(C(=O)NN)c1n2)C(C(C)O)=C5C(=O)NN)c(C)c4CCC(=O)O)c(CCC(=O)O)c3C. The molecule has 2 aliphatic rings. The van der Waals surface area contributed by atoms with Crippen LogP contribution in [0.15, 0.2) is 18.2 Å². The zero-order valence-corrected chi connectivity index (χ0v) is 28.7. The minimum Gasteiger partial charge on any atom is -0.481 e. The van der Waals surface area contributed by atoms with Crippen LogP contribution in [-0.2, 0) is 27.2 Å². The molecule has 3 aromatic rings. The third-order valence-electron chi connectivity index (χ3n) is 9.24. The fourth-order valence-electron chi connectivity index (χ4n) is 6.79. The number of nitrogen functional groups attached to an aromatic ring is 1. The molecule has 2 unspecified atom stereocenters. The van der Waals surface area contributed by atoms with E-state index in [0.29, 0.717) is 55.5 Å². The lowest BCUT2D eigenvalue weighted by atomic mass is 9.94. The van der Waals surface area contributed by atoms with E-state index in [-0.39, 0.29) is 65.2 Å². The number of nitrogens with two attached hydrogens (primary N) is 2. The van der Waals surface area contributed by atoms with E-state index in [1.165, 1.54) is 19.9 Å². The molecule has 8 bridgehead atoms. The second-order valence-electron chi connectivity index (χ2n) is 12.5. The summed E-state index contributed by atoms with van der Waals surface area (Å²) in [4.78, 5) is 66.6. The van der Waals surface area contributed by atoms with Crippen LogP contribution in [0.5, 0.6) is 0 Å². The number of hydrazine groups is 2. The van der Waals surface area contributed by atoms with Gasteiger partial charge in [-0.15, -0.1) is 0 Å². The molecule has 0 fully saturated rings. The van der Waals surface area contributed by atoms with Crippen LogP contribution in [0.2, 0.25) is 0 Å². The van der Waals surface area contributed by atoms with E-state index in [2.05, 4.69) is 20.8 Å². The molecule has 0 saturated carbocycles. The van der Waals surface area contributed by atoms with Gasteiger partial charge in [0.2, 0.25) is 0 Å². The first-order valence-corrected chi connectivity index (χ1v) is 16.1. The number of aliphatic hydroxyl groups excluding tert-OH is 2. The number of carboxylic acids is 2. The number of fused-ring (bicyclic) bond motifs is 8. The van der Waals surface area contributed by atoms with Crippen LogP contribution >= 0.6 is 0 Å². The van der Waals surface area contributed by atoms with Gasteiger partial charge in [-0.25, -0.2) is 21.7 Å². The lowest BCUT2D eigenvalue weighted by molar-refractivity contribution is -0.138. The molecule has 0 aliphatic carbocycles. The standard InChI is InChI=1S/C35H40N8O8/c1-13-18(6-8-26(46)47)22-12-23-19(7-9-27(48)49)14(2)21(39-23)11-25-30(34(50)42-36)29(17(5)45)33(41-25)31(35(51)43-37)32-15(3)28(16(4)44)24(40-32)10-20(13)38-22/h10-12,16-17,38-39,44-45H,6-9,36-37H2,1-5H3,(H,42,50)(H,43,51)(H,46,47)(H,48,49). The molecule has 2 amide bonds. The van der Waals surface area contributed by atoms with Crippen molar-refractivity contribution in [2.75, 3.05) is 0 Å². The summed E-state index contributed by atoms with van der Waals surface area (Å²) < 4.78 is 0. The van der Waals surface area contributed by atoms with Crippen molar-refractivity contribution in [3.8, 4) is 0 Å². The van der Waals surface area contributed by atoms with Gasteiger partial charge in [0, 0.05) is 46.1 Å². The molecule has 5 heterocycles. The van der Waals surface area contributed by atoms with Crippen molar-refractivity contribution in [1.29, 1.82) is 0 Å². The summed E-state index contributed by atoms with van der Waals surface area (Å²) in [7, 11) is 0. The van der Waals surface area contributed by atoms with Gasteiger partial charge in [-0.2, -0.15) is 0 Å². The molecule has 3 aromatic heterocycles. The summed E-state index contributed by atoms with van der Waals surface area (Å²) in [6.07, 6.45) is -2.50. The zero-order chi connectivity index (χ0) is 37.5. The van der Waals surface area contributed by atoms with Gasteiger partial charge in [0.15, 0.2) is 0 Å². The number of aliphatic carboxylic acids is 2. The topological polar surface area (TPSA) is 283 Å². The van der Waals surface area contributed by atoms with E-state index in [1.54, 1.807) is 26.0 Å². The van der Waals surface area contributed by atoms with E-state index < -0.39 is 36.0 Å². The van der Waals surface area contributed by atoms with Gasteiger partial charge in [0.25, 0.3) is 11.8 Å². The molecular formula is C35H40N8O8. The molecule has 12 N–H and O–H groups in total. The van der Waals surface area contributed by atoms with Crippen molar-refractivity contribution in [2.45, 2.75) is 72.5 Å². The second kappa shape index (κ2) is 14.3. The van der Waals surface area contributed by atoms with E-state index in [1.807, 2.05) is 6.92 Å². The predicted molar refractivity (Wildman–Crippen MR) is 189 cm³/mol. The van der Waals surface area contributed by atoms with Gasteiger partial charge in [0.1, 0.15) is 0 Å². The molecule has 16 nitrogen and oxygen atoms in total. The zero-order valence-electron chi connectivity index (χ0n) is 28.7. The van der Waals surface area contributed by atoms with Crippen molar-refractivity contribution < 1.29 is 39.6 Å². The third kappa shape index (κ3) is 6.77. The van der Waals surface area contributed by atoms with Crippen LogP contribution in [0.3, 0.4) is 0 Å². The molecule has 51 heavy (non-hydrogen) atoms. The van der Waals surface area contributed by atoms with Gasteiger partial charge >= 0.3 is 11.9 Å². The quantitative estimate of drug-likeness (QED) is 0.0827. The highest BCUT2D eigenvalue weighted by Gasteiger charge is 2.35. The average Bonchev–Trinajstić information content (AvgIpc) is 3.76. The number of H-pyrrole nitrogens is 2. The molecule has 5 rings (SSSR count). The van der Waals surface area contributed by atoms with Crippen molar-refractivity contribution in [1.82, 2.24) is 30.8 Å². The van der Waals surface area contributed by atoms with E-state index in [4.69, 9.17) is 21.7 Å². The smallest absolute Gasteiger partial charge is 0.303 e. The Morgan fingerprint density at radius 3 is 1.63 bits per heavy atom. The summed E-state index contributed by atoms with van der Waals surface area (Å²) in [5, 5.41) is 41.2. The maximum absolute atomic E-state index is 13.7. The Morgan fingerprint density at radius 2 is 1.18 bits per heavy atom. The number of aromatic nitrogens is 4. The van der Waals surface area contributed by atoms with Crippen molar-refractivity contribution in [3.63, 3.8) is 0 Å². The van der Waals surface area contributed by atoms with Crippen molar-refractivity contribution in [3.05, 3.63) is 68.8 Å². The number of carbonyl (C=O) groups is 4. The number of amides is 2. The number of hydrogen-bond acceptors (Lipinski definition) is 10. The number of carboxylic acid groups (broad SMARTS) is 2. The van der Waals surface area contributed by atoms with Crippen LogP contribution in [0, 0.1) is 13.8 Å². The predicted octanol–water partition coefficient (Wildman–Crippen LogP) is 2.16. The lowest BCUT2D eigenvalue weighted by Gasteiger charge is -2.13. The van der Waals surface area contributed by atoms with Gasteiger partial charge < -0.3 is 30.4 Å². The Kier molecular flexibility index (Phi) is 10.2. The van der Waals surface area contributed by atoms with E-state index >= 15 is 0 Å². The lowest BCUT2D eigenvalue weighted by Crippen LogP contribution is -2.32. The van der Waals surface area contributed by atoms with Crippen LogP contribution in [-0.4, -0.2) is 76.3 Å². The number of aliphatic hydroxyl groups is 2. The number of allylic oxidation sites excluding steroid dienone is 1. The fourth-order valence-corrected chi connectivity index (χ4v) is 6.79. The largest absolute Gasteiger partial charge is 0.481 e. The fraction of sp³-hybridized carbons (Fsp3) is 0.314. The summed E-state index contributed by atoms with van der Waals surface area (Å²) >= 11 is 0. The van der Waals surface area contributed by atoms with Gasteiger partial charge in [0.05, 0.1) is 46.1 Å².